The van der Waals surface area contributed by atoms with Gasteiger partial charge in [-0.15, -0.1) is 6.07 Å². The van der Waals surface area contributed by atoms with E-state index in [4.69, 9.17) is 0 Å². The molecule has 15 heavy (non-hydrogen) atoms. The molecule has 0 saturated heterocycles. The van der Waals surface area contributed by atoms with Gasteiger partial charge in [0.2, 0.25) is 0 Å². The van der Waals surface area contributed by atoms with Crippen molar-refractivity contribution in [1.82, 2.24) is 0 Å². The number of hydrogen-bond donors (Lipinski definition) is 0. The molecule has 1 nitrogen and oxygen atoms in total. The van der Waals surface area contributed by atoms with Crippen LogP contribution in [0, 0.1) is 6.07 Å². The van der Waals surface area contributed by atoms with E-state index >= 15 is 0 Å². The predicted octanol–water partition coefficient (Wildman–Crippen LogP) is -0.805. The van der Waals surface area contributed by atoms with Crippen molar-refractivity contribution in [3.05, 3.63) is 29.8 Å². The summed E-state index contributed by atoms with van der Waals surface area (Å²) in [6, 6.07) is 5.95. The van der Waals surface area contributed by atoms with Crippen LogP contribution in [-0.2, 0) is 6.18 Å². The Hall–Kier alpha value is 0.0562. The molecule has 0 aliphatic rings. The summed E-state index contributed by atoms with van der Waals surface area (Å²) >= 11 is 0. The number of alkyl halides is 3. The molecule has 1 rings (SSSR count). The van der Waals surface area contributed by atoms with Crippen molar-refractivity contribution in [2.75, 3.05) is 19.0 Å². The van der Waals surface area contributed by atoms with E-state index < -0.39 is 11.7 Å². The van der Waals surface area contributed by atoms with Crippen LogP contribution in [0.5, 0.6) is 0 Å². The maximum Gasteiger partial charge on any atom is 2.00 e. The smallest absolute Gasteiger partial charge is 1.00 e. The zero-order valence-electron chi connectivity index (χ0n) is 8.40. The van der Waals surface area contributed by atoms with E-state index in [0.29, 0.717) is 5.69 Å². The molecule has 0 bridgehead atoms. The molecule has 6 heteroatoms. The standard InChI is InChI=1S/C9H9F3N.BrH.Mg/c1-13(2)8-5-3-7(4-6-8)9(10,11)12;;/h3,5-6H,1-2H3;1H;/q-1;;+2/p-1. The van der Waals surface area contributed by atoms with Crippen LogP contribution in [-0.4, -0.2) is 37.1 Å². The molecule has 0 unspecified atom stereocenters. The minimum atomic E-state index is -4.30. The molecule has 0 radical (unpaired) electrons. The van der Waals surface area contributed by atoms with Crippen LogP contribution in [0.1, 0.15) is 5.56 Å². The van der Waals surface area contributed by atoms with Gasteiger partial charge >= 0.3 is 29.2 Å². The van der Waals surface area contributed by atoms with Crippen molar-refractivity contribution in [3.63, 3.8) is 0 Å². The zero-order valence-corrected chi connectivity index (χ0v) is 11.4. The van der Waals surface area contributed by atoms with Crippen LogP contribution in [0.3, 0.4) is 0 Å². The summed E-state index contributed by atoms with van der Waals surface area (Å²) < 4.78 is 36.2. The van der Waals surface area contributed by atoms with Crippen LogP contribution in [0.15, 0.2) is 18.2 Å². The molecule has 1 aromatic rings. The van der Waals surface area contributed by atoms with Crippen molar-refractivity contribution in [3.8, 4) is 0 Å². The predicted molar refractivity (Wildman–Crippen MR) is 50.4 cm³/mol. The van der Waals surface area contributed by atoms with Gasteiger partial charge in [0.05, 0.1) is 0 Å². The Bertz CT molecular complexity index is 284. The summed E-state index contributed by atoms with van der Waals surface area (Å²) in [6.07, 6.45) is -4.30. The number of halogens is 4. The average molecular weight is 292 g/mol. The van der Waals surface area contributed by atoms with Crippen molar-refractivity contribution < 1.29 is 30.2 Å². The molecular weight excluding hydrogens is 283 g/mol. The minimum Gasteiger partial charge on any atom is -1.00 e. The summed E-state index contributed by atoms with van der Waals surface area (Å²) in [7, 11) is 3.52. The molecule has 0 fully saturated rings. The first-order valence-corrected chi connectivity index (χ1v) is 3.67. The fourth-order valence-electron chi connectivity index (χ4n) is 0.871. The largest absolute Gasteiger partial charge is 2.00 e. The number of benzene rings is 1. The fraction of sp³-hybridized carbons (Fsp3) is 0.333. The molecule has 0 aliphatic carbocycles. The first-order chi connectivity index (χ1) is 5.91. The van der Waals surface area contributed by atoms with Gasteiger partial charge in [-0.3, -0.25) is 0 Å². The Morgan fingerprint density at radius 2 is 1.73 bits per heavy atom. The Labute approximate surface area is 114 Å². The van der Waals surface area contributed by atoms with Gasteiger partial charge in [0.25, 0.3) is 0 Å². The van der Waals surface area contributed by atoms with Gasteiger partial charge in [0.1, 0.15) is 0 Å². The summed E-state index contributed by atoms with van der Waals surface area (Å²) in [5, 5.41) is 0. The molecule has 1 aromatic carbocycles. The van der Waals surface area contributed by atoms with E-state index in [0.717, 1.165) is 6.07 Å². The van der Waals surface area contributed by atoms with Gasteiger partial charge in [0, 0.05) is 0 Å². The van der Waals surface area contributed by atoms with E-state index in [1.165, 1.54) is 12.1 Å². The second-order valence-corrected chi connectivity index (χ2v) is 2.85. The Morgan fingerprint density at radius 3 is 2.00 bits per heavy atom. The zero-order chi connectivity index (χ0) is 10.1. The summed E-state index contributed by atoms with van der Waals surface area (Å²) in [6.45, 7) is 0. The molecule has 0 aliphatic heterocycles. The summed E-state index contributed by atoms with van der Waals surface area (Å²) in [5.41, 5.74) is -0.0360. The summed E-state index contributed by atoms with van der Waals surface area (Å²) in [5.74, 6) is 0. The molecule has 0 atom stereocenters. The SMILES string of the molecule is CN(C)c1c[c-]c(C(F)(F)F)cc1.[Br-].[Mg+2]. The Kier molecular flexibility index (Phi) is 7.68. The number of hydrogen-bond acceptors (Lipinski definition) is 1. The van der Waals surface area contributed by atoms with Gasteiger partial charge in [-0.1, -0.05) is 11.3 Å². The van der Waals surface area contributed by atoms with Gasteiger partial charge in [-0.05, 0) is 14.1 Å². The molecule has 0 heterocycles. The Morgan fingerprint density at radius 1 is 1.20 bits per heavy atom. The van der Waals surface area contributed by atoms with Crippen molar-refractivity contribution >= 4 is 28.7 Å². The molecule has 80 valence electrons. The van der Waals surface area contributed by atoms with Crippen LogP contribution >= 0.6 is 0 Å². The van der Waals surface area contributed by atoms with Crippen LogP contribution in [0.4, 0.5) is 18.9 Å². The normalized spacial score (nSPS) is 9.93. The van der Waals surface area contributed by atoms with E-state index in [1.807, 2.05) is 0 Å². The molecular formula is C9H9BrF3MgN. The second kappa shape index (κ2) is 6.60. The molecule has 0 saturated carbocycles. The van der Waals surface area contributed by atoms with E-state index in [-0.39, 0.29) is 40.0 Å². The van der Waals surface area contributed by atoms with Gasteiger partial charge in [0.15, 0.2) is 0 Å². The third-order valence-corrected chi connectivity index (χ3v) is 1.62. The molecule has 0 spiro atoms. The first-order valence-electron chi connectivity index (χ1n) is 3.67. The molecule has 0 N–H and O–H groups in total. The van der Waals surface area contributed by atoms with E-state index in [1.54, 1.807) is 19.0 Å². The van der Waals surface area contributed by atoms with Crippen molar-refractivity contribution in [2.45, 2.75) is 6.18 Å². The number of rotatable bonds is 1. The van der Waals surface area contributed by atoms with Crippen LogP contribution in [0.2, 0.25) is 0 Å². The Balaban J connectivity index is 0. The number of nitrogens with zero attached hydrogens (tertiary/aromatic N) is 1. The topological polar surface area (TPSA) is 3.24 Å². The van der Waals surface area contributed by atoms with Crippen molar-refractivity contribution in [1.29, 1.82) is 0 Å². The second-order valence-electron chi connectivity index (χ2n) is 2.85. The van der Waals surface area contributed by atoms with Crippen LogP contribution < -0.4 is 21.9 Å². The van der Waals surface area contributed by atoms with Gasteiger partial charge < -0.3 is 21.9 Å². The minimum absolute atomic E-state index is 0. The fourth-order valence-corrected chi connectivity index (χ4v) is 0.871. The maximum absolute atomic E-state index is 12.1. The third-order valence-electron chi connectivity index (χ3n) is 1.62. The first kappa shape index (κ1) is 17.5. The molecule has 0 amide bonds. The van der Waals surface area contributed by atoms with Gasteiger partial charge in [-0.2, -0.15) is 31.4 Å². The maximum atomic E-state index is 12.1. The average Bonchev–Trinajstić information content (AvgIpc) is 2.03. The van der Waals surface area contributed by atoms with Crippen LogP contribution in [0.25, 0.3) is 0 Å². The molecule has 0 aromatic heterocycles. The van der Waals surface area contributed by atoms with Crippen molar-refractivity contribution in [2.24, 2.45) is 0 Å². The third kappa shape index (κ3) is 5.08. The summed E-state index contributed by atoms with van der Waals surface area (Å²) in [4.78, 5) is 1.72. The monoisotopic (exact) mass is 291 g/mol. The van der Waals surface area contributed by atoms with E-state index in [2.05, 4.69) is 6.07 Å². The number of anilines is 1. The van der Waals surface area contributed by atoms with Gasteiger partial charge in [-0.25, -0.2) is 0 Å². The quantitative estimate of drug-likeness (QED) is 0.484. The van der Waals surface area contributed by atoms with E-state index in [9.17, 15) is 13.2 Å².